The number of nitro benzene ring substituents is 1. The summed E-state index contributed by atoms with van der Waals surface area (Å²) in [5.74, 6) is 0. The molecular weight excluding hydrogens is 362 g/mol. The van der Waals surface area contributed by atoms with E-state index in [1.54, 1.807) is 16.0 Å². The van der Waals surface area contributed by atoms with E-state index in [-0.39, 0.29) is 15.7 Å². The van der Waals surface area contributed by atoms with Gasteiger partial charge in [0.25, 0.3) is 5.69 Å². The van der Waals surface area contributed by atoms with Gasteiger partial charge in [-0.3, -0.25) is 14.5 Å². The summed E-state index contributed by atoms with van der Waals surface area (Å²) >= 11 is 7.37. The highest BCUT2D eigenvalue weighted by molar-refractivity contribution is 7.94. The van der Waals surface area contributed by atoms with Crippen LogP contribution in [0.1, 0.15) is 5.69 Å². The number of hydrogen-bond donors (Lipinski definition) is 0. The van der Waals surface area contributed by atoms with Crippen LogP contribution in [0.3, 0.4) is 0 Å². The Bertz CT molecular complexity index is 1020. The summed E-state index contributed by atoms with van der Waals surface area (Å²) in [7, 11) is -3.75. The molecule has 0 amide bonds. The number of thiazole rings is 1. The van der Waals surface area contributed by atoms with Crippen molar-refractivity contribution in [2.24, 2.45) is 0 Å². The number of halogens is 1. The highest BCUT2D eigenvalue weighted by Crippen LogP contribution is 2.24. The molecule has 0 aliphatic rings. The number of rotatable bonds is 4. The molecule has 3 rings (SSSR count). The van der Waals surface area contributed by atoms with Crippen LogP contribution >= 0.6 is 22.9 Å². The van der Waals surface area contributed by atoms with Gasteiger partial charge in [0.2, 0.25) is 0 Å². The Labute approximate surface area is 139 Å². The molecule has 0 N–H and O–H groups in total. The van der Waals surface area contributed by atoms with E-state index in [4.69, 9.17) is 11.6 Å². The van der Waals surface area contributed by atoms with Gasteiger partial charge in [-0.1, -0.05) is 11.6 Å². The van der Waals surface area contributed by atoms with Gasteiger partial charge in [-0.15, -0.1) is 11.3 Å². The molecular formula is C13H8ClN3O4S2. The van der Waals surface area contributed by atoms with Gasteiger partial charge in [0.05, 0.1) is 15.5 Å². The Hall–Kier alpha value is -2.23. The van der Waals surface area contributed by atoms with Gasteiger partial charge < -0.3 is 0 Å². The molecule has 1 aromatic carbocycles. The lowest BCUT2D eigenvalue weighted by Crippen LogP contribution is -1.97. The van der Waals surface area contributed by atoms with Crippen LogP contribution in [0.5, 0.6) is 0 Å². The number of imidazole rings is 1. The van der Waals surface area contributed by atoms with Crippen LogP contribution < -0.4 is 0 Å². The number of non-ortho nitro benzene ring substituents is 1. The van der Waals surface area contributed by atoms with E-state index in [9.17, 15) is 18.5 Å². The molecule has 2 heterocycles. The van der Waals surface area contributed by atoms with Crippen LogP contribution in [0.4, 0.5) is 5.69 Å². The van der Waals surface area contributed by atoms with Crippen molar-refractivity contribution in [3.8, 4) is 0 Å². The average molecular weight is 370 g/mol. The zero-order chi connectivity index (χ0) is 16.6. The lowest BCUT2D eigenvalue weighted by atomic mass is 10.3. The molecule has 0 spiro atoms. The molecule has 0 atom stereocenters. The Morgan fingerprint density at radius 2 is 2.00 bits per heavy atom. The lowest BCUT2D eigenvalue weighted by Gasteiger charge is -1.99. The summed E-state index contributed by atoms with van der Waals surface area (Å²) in [4.78, 5) is 14.7. The summed E-state index contributed by atoms with van der Waals surface area (Å²) in [6, 6.07) is 4.67. The zero-order valence-corrected chi connectivity index (χ0v) is 13.7. The van der Waals surface area contributed by atoms with E-state index >= 15 is 0 Å². The maximum absolute atomic E-state index is 12.3. The third-order valence-corrected chi connectivity index (χ3v) is 5.49. The molecule has 0 aliphatic carbocycles. The minimum atomic E-state index is -3.75. The number of nitrogens with zero attached hydrogens (tertiary/aromatic N) is 3. The van der Waals surface area contributed by atoms with Crippen LogP contribution in [-0.2, 0) is 9.84 Å². The molecule has 118 valence electrons. The zero-order valence-electron chi connectivity index (χ0n) is 11.3. The Balaban J connectivity index is 1.95. The first-order valence-electron chi connectivity index (χ1n) is 6.17. The van der Waals surface area contributed by atoms with E-state index in [2.05, 4.69) is 4.98 Å². The van der Waals surface area contributed by atoms with Crippen molar-refractivity contribution >= 4 is 49.5 Å². The van der Waals surface area contributed by atoms with E-state index in [1.807, 2.05) is 0 Å². The smallest absolute Gasteiger partial charge is 0.269 e. The molecule has 0 bridgehead atoms. The maximum atomic E-state index is 12.3. The minimum absolute atomic E-state index is 0.0402. The summed E-state index contributed by atoms with van der Waals surface area (Å²) in [6.45, 7) is 0. The predicted octanol–water partition coefficient (Wildman–Crippen LogP) is 3.40. The fourth-order valence-electron chi connectivity index (χ4n) is 1.92. The number of sulfone groups is 1. The fourth-order valence-corrected chi connectivity index (χ4v) is 3.90. The van der Waals surface area contributed by atoms with Gasteiger partial charge in [0, 0.05) is 29.1 Å². The molecule has 0 saturated carbocycles. The van der Waals surface area contributed by atoms with Crippen molar-refractivity contribution in [3.05, 3.63) is 62.2 Å². The molecule has 23 heavy (non-hydrogen) atoms. The van der Waals surface area contributed by atoms with Crippen LogP contribution in [0.25, 0.3) is 11.0 Å². The monoisotopic (exact) mass is 369 g/mol. The van der Waals surface area contributed by atoms with Crippen molar-refractivity contribution in [2.45, 2.75) is 4.90 Å². The molecule has 10 heteroatoms. The van der Waals surface area contributed by atoms with Gasteiger partial charge in [-0.25, -0.2) is 13.4 Å². The number of fused-ring (bicyclic) bond motifs is 1. The standard InChI is InChI=1S/C13H8ClN3O4S2/c14-12-11(16-6-7-22-13(16)15-12)5-8-23(20,21)10-3-1-9(2-4-10)17(18)19/h1-8H/b8-5+. The van der Waals surface area contributed by atoms with Crippen LogP contribution in [0.15, 0.2) is 46.1 Å². The average Bonchev–Trinajstić information content (AvgIpc) is 3.06. The Morgan fingerprint density at radius 3 is 2.65 bits per heavy atom. The first-order chi connectivity index (χ1) is 10.9. The Kier molecular flexibility index (Phi) is 3.92. The molecule has 3 aromatic rings. The van der Waals surface area contributed by atoms with Crippen LogP contribution in [-0.4, -0.2) is 22.7 Å². The van der Waals surface area contributed by atoms with Gasteiger partial charge in [-0.05, 0) is 18.2 Å². The summed E-state index contributed by atoms with van der Waals surface area (Å²) in [5, 5.41) is 13.6. The fraction of sp³-hybridized carbons (Fsp3) is 0. The first-order valence-corrected chi connectivity index (χ1v) is 8.97. The van der Waals surface area contributed by atoms with E-state index in [0.717, 1.165) is 17.5 Å². The lowest BCUT2D eigenvalue weighted by molar-refractivity contribution is -0.384. The van der Waals surface area contributed by atoms with Crippen molar-refractivity contribution < 1.29 is 13.3 Å². The van der Waals surface area contributed by atoms with Gasteiger partial charge >= 0.3 is 0 Å². The van der Waals surface area contributed by atoms with Crippen molar-refractivity contribution in [3.63, 3.8) is 0 Å². The molecule has 7 nitrogen and oxygen atoms in total. The van der Waals surface area contributed by atoms with E-state index < -0.39 is 14.8 Å². The van der Waals surface area contributed by atoms with Gasteiger partial charge in [0.1, 0.15) is 0 Å². The van der Waals surface area contributed by atoms with Crippen molar-refractivity contribution in [1.82, 2.24) is 9.38 Å². The van der Waals surface area contributed by atoms with Crippen LogP contribution in [0, 0.1) is 10.1 Å². The van der Waals surface area contributed by atoms with Gasteiger partial charge in [-0.2, -0.15) is 0 Å². The highest BCUT2D eigenvalue weighted by Gasteiger charge is 2.14. The predicted molar refractivity (Wildman–Crippen MR) is 87.4 cm³/mol. The Morgan fingerprint density at radius 1 is 1.30 bits per heavy atom. The third kappa shape index (κ3) is 2.98. The largest absolute Gasteiger partial charge is 0.289 e. The van der Waals surface area contributed by atoms with E-state index in [1.165, 1.54) is 29.5 Å². The molecule has 0 fully saturated rings. The number of nitro groups is 1. The van der Waals surface area contributed by atoms with Crippen molar-refractivity contribution in [1.29, 1.82) is 0 Å². The summed E-state index contributed by atoms with van der Waals surface area (Å²) in [6.07, 6.45) is 3.09. The van der Waals surface area contributed by atoms with Crippen LogP contribution in [0.2, 0.25) is 5.15 Å². The summed E-state index contributed by atoms with van der Waals surface area (Å²) < 4.78 is 26.2. The summed E-state index contributed by atoms with van der Waals surface area (Å²) in [5.41, 5.74) is 0.278. The highest BCUT2D eigenvalue weighted by atomic mass is 35.5. The van der Waals surface area contributed by atoms with E-state index in [0.29, 0.717) is 10.7 Å². The molecule has 2 aromatic heterocycles. The molecule has 0 aliphatic heterocycles. The number of hydrogen-bond acceptors (Lipinski definition) is 6. The third-order valence-electron chi connectivity index (χ3n) is 3.04. The maximum Gasteiger partial charge on any atom is 0.269 e. The topological polar surface area (TPSA) is 94.6 Å². The first kappa shape index (κ1) is 15.7. The number of aromatic nitrogens is 2. The molecule has 0 unspecified atom stereocenters. The SMILES string of the molecule is O=[N+]([O-])c1ccc(S(=O)(=O)/C=C/c2c(Cl)nc3sccn23)cc1. The second-order valence-electron chi connectivity index (χ2n) is 4.44. The second-order valence-corrected chi connectivity index (χ2v) is 7.51. The van der Waals surface area contributed by atoms with Gasteiger partial charge in [0.15, 0.2) is 20.0 Å². The molecule has 0 radical (unpaired) electrons. The van der Waals surface area contributed by atoms with Crippen molar-refractivity contribution in [2.75, 3.05) is 0 Å². The quantitative estimate of drug-likeness (QED) is 0.518. The number of benzene rings is 1. The molecule has 0 saturated heterocycles. The second kappa shape index (κ2) is 5.76. The minimum Gasteiger partial charge on any atom is -0.289 e. The normalized spacial score (nSPS) is 12.2.